The highest BCUT2D eigenvalue weighted by molar-refractivity contribution is 5.46. The van der Waals surface area contributed by atoms with Crippen LogP contribution in [0.25, 0.3) is 0 Å². The standard InChI is InChI=1S/C19H26N2/c1-5-16-8-6-7-9-18(16)14-20-15(2)17-10-12-19(13-11-17)21(3)4/h6-13,15,20H,5,14H2,1-4H3. The van der Waals surface area contributed by atoms with Crippen LogP contribution in [-0.4, -0.2) is 14.1 Å². The van der Waals surface area contributed by atoms with Crippen molar-refractivity contribution in [2.24, 2.45) is 0 Å². The van der Waals surface area contributed by atoms with Crippen molar-refractivity contribution in [3.8, 4) is 0 Å². The minimum Gasteiger partial charge on any atom is -0.378 e. The van der Waals surface area contributed by atoms with E-state index in [9.17, 15) is 0 Å². The highest BCUT2D eigenvalue weighted by Crippen LogP contribution is 2.18. The number of nitrogens with one attached hydrogen (secondary N) is 1. The molecule has 2 aromatic carbocycles. The van der Waals surface area contributed by atoms with Gasteiger partial charge in [0.25, 0.3) is 0 Å². The monoisotopic (exact) mass is 282 g/mol. The van der Waals surface area contributed by atoms with Crippen LogP contribution in [0.1, 0.15) is 36.6 Å². The summed E-state index contributed by atoms with van der Waals surface area (Å²) in [7, 11) is 4.14. The maximum Gasteiger partial charge on any atom is 0.0361 e. The zero-order valence-electron chi connectivity index (χ0n) is 13.6. The third kappa shape index (κ3) is 4.08. The largest absolute Gasteiger partial charge is 0.378 e. The fourth-order valence-corrected chi connectivity index (χ4v) is 2.52. The van der Waals surface area contributed by atoms with Crippen molar-refractivity contribution in [1.82, 2.24) is 5.32 Å². The Morgan fingerprint density at radius 3 is 2.14 bits per heavy atom. The quantitative estimate of drug-likeness (QED) is 0.855. The van der Waals surface area contributed by atoms with Crippen LogP contribution in [-0.2, 0) is 13.0 Å². The Morgan fingerprint density at radius 2 is 1.57 bits per heavy atom. The fraction of sp³-hybridized carbons (Fsp3) is 0.368. The van der Waals surface area contributed by atoms with Crippen molar-refractivity contribution in [1.29, 1.82) is 0 Å². The van der Waals surface area contributed by atoms with Crippen molar-refractivity contribution >= 4 is 5.69 Å². The molecule has 0 aliphatic heterocycles. The zero-order valence-corrected chi connectivity index (χ0v) is 13.6. The predicted molar refractivity (Wildman–Crippen MR) is 91.8 cm³/mol. The lowest BCUT2D eigenvalue weighted by molar-refractivity contribution is 0.572. The highest BCUT2D eigenvalue weighted by Gasteiger charge is 2.06. The molecular weight excluding hydrogens is 256 g/mol. The molecule has 0 aliphatic carbocycles. The Morgan fingerprint density at radius 1 is 0.952 bits per heavy atom. The van der Waals surface area contributed by atoms with Crippen molar-refractivity contribution in [2.45, 2.75) is 32.9 Å². The van der Waals surface area contributed by atoms with Crippen molar-refractivity contribution < 1.29 is 0 Å². The Bertz CT molecular complexity index is 558. The molecule has 0 heterocycles. The second-order valence-electron chi connectivity index (χ2n) is 5.71. The van der Waals surface area contributed by atoms with Gasteiger partial charge in [-0.25, -0.2) is 0 Å². The molecule has 0 spiro atoms. The first kappa shape index (κ1) is 15.6. The first-order valence-corrected chi connectivity index (χ1v) is 7.69. The number of benzene rings is 2. The summed E-state index contributed by atoms with van der Waals surface area (Å²) in [6.07, 6.45) is 1.09. The lowest BCUT2D eigenvalue weighted by atomic mass is 10.0. The van der Waals surface area contributed by atoms with E-state index in [1.54, 1.807) is 0 Å². The predicted octanol–water partition coefficient (Wildman–Crippen LogP) is 4.17. The topological polar surface area (TPSA) is 15.3 Å². The average Bonchev–Trinajstić information content (AvgIpc) is 2.52. The summed E-state index contributed by atoms with van der Waals surface area (Å²) in [5, 5.41) is 3.62. The molecule has 2 aromatic rings. The number of rotatable bonds is 6. The van der Waals surface area contributed by atoms with Gasteiger partial charge in [-0.15, -0.1) is 0 Å². The summed E-state index contributed by atoms with van der Waals surface area (Å²) < 4.78 is 0. The molecule has 0 fully saturated rings. The number of hydrogen-bond donors (Lipinski definition) is 1. The highest BCUT2D eigenvalue weighted by atomic mass is 15.1. The van der Waals surface area contributed by atoms with Gasteiger partial charge in [0.2, 0.25) is 0 Å². The third-order valence-electron chi connectivity index (χ3n) is 4.01. The number of anilines is 1. The molecule has 2 nitrogen and oxygen atoms in total. The fourth-order valence-electron chi connectivity index (χ4n) is 2.52. The van der Waals surface area contributed by atoms with Crippen LogP contribution in [0, 0.1) is 0 Å². The zero-order chi connectivity index (χ0) is 15.2. The van der Waals surface area contributed by atoms with Crippen molar-refractivity contribution in [3.63, 3.8) is 0 Å². The Balaban J connectivity index is 1.99. The molecule has 0 saturated heterocycles. The van der Waals surface area contributed by atoms with Crippen molar-refractivity contribution in [3.05, 3.63) is 65.2 Å². The Kier molecular flexibility index (Phi) is 5.40. The van der Waals surface area contributed by atoms with Crippen LogP contribution in [0.5, 0.6) is 0 Å². The van der Waals surface area contributed by atoms with Gasteiger partial charge in [0, 0.05) is 32.4 Å². The van der Waals surface area contributed by atoms with Crippen LogP contribution < -0.4 is 10.2 Å². The van der Waals surface area contributed by atoms with Gasteiger partial charge in [-0.2, -0.15) is 0 Å². The van der Waals surface area contributed by atoms with E-state index in [1.165, 1.54) is 22.4 Å². The van der Waals surface area contributed by atoms with E-state index in [2.05, 4.69) is 86.7 Å². The van der Waals surface area contributed by atoms with Gasteiger partial charge in [0.05, 0.1) is 0 Å². The van der Waals surface area contributed by atoms with Crippen LogP contribution in [0.3, 0.4) is 0 Å². The smallest absolute Gasteiger partial charge is 0.0361 e. The second kappa shape index (κ2) is 7.28. The first-order chi connectivity index (χ1) is 10.1. The molecule has 0 saturated carbocycles. The second-order valence-corrected chi connectivity index (χ2v) is 5.71. The number of hydrogen-bond acceptors (Lipinski definition) is 2. The van der Waals surface area contributed by atoms with Gasteiger partial charge >= 0.3 is 0 Å². The van der Waals surface area contributed by atoms with E-state index in [-0.39, 0.29) is 0 Å². The van der Waals surface area contributed by atoms with E-state index >= 15 is 0 Å². The molecule has 0 bridgehead atoms. The van der Waals surface area contributed by atoms with Gasteiger partial charge in [0.1, 0.15) is 0 Å². The van der Waals surface area contributed by atoms with E-state index in [1.807, 2.05) is 0 Å². The lowest BCUT2D eigenvalue weighted by Gasteiger charge is -2.18. The first-order valence-electron chi connectivity index (χ1n) is 7.69. The maximum atomic E-state index is 3.62. The molecule has 1 unspecified atom stereocenters. The van der Waals surface area contributed by atoms with Crippen LogP contribution in [0.2, 0.25) is 0 Å². The molecule has 0 aromatic heterocycles. The molecule has 0 amide bonds. The van der Waals surface area contributed by atoms with Gasteiger partial charge in [-0.3, -0.25) is 0 Å². The summed E-state index contributed by atoms with van der Waals surface area (Å²) in [5.41, 5.74) is 5.40. The summed E-state index contributed by atoms with van der Waals surface area (Å²) in [4.78, 5) is 2.12. The number of aryl methyl sites for hydroxylation is 1. The van der Waals surface area contributed by atoms with Crippen LogP contribution in [0.4, 0.5) is 5.69 Å². The summed E-state index contributed by atoms with van der Waals surface area (Å²) in [6.45, 7) is 5.35. The lowest BCUT2D eigenvalue weighted by Crippen LogP contribution is -2.19. The minimum absolute atomic E-state index is 0.353. The van der Waals surface area contributed by atoms with E-state index < -0.39 is 0 Å². The summed E-state index contributed by atoms with van der Waals surface area (Å²) in [5.74, 6) is 0. The maximum absolute atomic E-state index is 3.62. The van der Waals surface area contributed by atoms with Gasteiger partial charge < -0.3 is 10.2 Å². The summed E-state index contributed by atoms with van der Waals surface area (Å²) in [6, 6.07) is 17.8. The molecule has 2 rings (SSSR count). The normalized spacial score (nSPS) is 12.2. The Labute approximate surface area is 128 Å². The molecule has 1 atom stereocenters. The van der Waals surface area contributed by atoms with E-state index in [0.717, 1.165) is 13.0 Å². The average molecular weight is 282 g/mol. The molecule has 2 heteroatoms. The van der Waals surface area contributed by atoms with E-state index in [0.29, 0.717) is 6.04 Å². The van der Waals surface area contributed by atoms with Crippen LogP contribution >= 0.6 is 0 Å². The molecule has 1 N–H and O–H groups in total. The van der Waals surface area contributed by atoms with Crippen molar-refractivity contribution in [2.75, 3.05) is 19.0 Å². The third-order valence-corrected chi connectivity index (χ3v) is 4.01. The number of nitrogens with zero attached hydrogens (tertiary/aromatic N) is 1. The van der Waals surface area contributed by atoms with Gasteiger partial charge in [0.15, 0.2) is 0 Å². The molecule has 0 radical (unpaired) electrons. The van der Waals surface area contributed by atoms with Gasteiger partial charge in [-0.1, -0.05) is 43.3 Å². The molecule has 21 heavy (non-hydrogen) atoms. The molecular formula is C19H26N2. The molecule has 112 valence electrons. The Hall–Kier alpha value is -1.80. The SMILES string of the molecule is CCc1ccccc1CNC(C)c1ccc(N(C)C)cc1. The minimum atomic E-state index is 0.353. The molecule has 0 aliphatic rings. The van der Waals surface area contributed by atoms with Gasteiger partial charge in [-0.05, 0) is 42.2 Å². The van der Waals surface area contributed by atoms with E-state index in [4.69, 9.17) is 0 Å². The van der Waals surface area contributed by atoms with Crippen LogP contribution in [0.15, 0.2) is 48.5 Å². The summed E-state index contributed by atoms with van der Waals surface area (Å²) >= 11 is 0.